The van der Waals surface area contributed by atoms with Gasteiger partial charge in [0, 0.05) is 24.2 Å². The van der Waals surface area contributed by atoms with Crippen LogP contribution in [0.15, 0.2) is 30.7 Å². The van der Waals surface area contributed by atoms with E-state index in [4.69, 9.17) is 4.98 Å². The number of pyridine rings is 1. The Balaban J connectivity index is 1.49. The third-order valence-electron chi connectivity index (χ3n) is 4.38. The van der Waals surface area contributed by atoms with Crippen LogP contribution in [0, 0.1) is 13.8 Å². The molecule has 5 heterocycles. The Bertz CT molecular complexity index is 1110. The lowest BCUT2D eigenvalue weighted by atomic mass is 10.2. The summed E-state index contributed by atoms with van der Waals surface area (Å²) < 4.78 is 3.93. The highest BCUT2D eigenvalue weighted by atomic mass is 15.3. The van der Waals surface area contributed by atoms with E-state index in [2.05, 4.69) is 30.7 Å². The van der Waals surface area contributed by atoms with E-state index in [1.165, 1.54) is 0 Å². The SMILES string of the molecule is Cc1ncc(C)n2nc(/C=C/c3cn4c(n3)-c3cccnc3C4)nc12. The summed E-state index contributed by atoms with van der Waals surface area (Å²) in [6.45, 7) is 4.67. The predicted molar refractivity (Wildman–Crippen MR) is 93.7 cm³/mol. The second-order valence-corrected chi connectivity index (χ2v) is 6.14. The minimum absolute atomic E-state index is 0.648. The molecule has 25 heavy (non-hydrogen) atoms. The van der Waals surface area contributed by atoms with E-state index in [0.717, 1.165) is 46.4 Å². The maximum atomic E-state index is 4.70. The fraction of sp³-hybridized carbons (Fsp3) is 0.167. The Morgan fingerprint density at radius 1 is 1.12 bits per heavy atom. The molecule has 0 N–H and O–H groups in total. The molecular weight excluding hydrogens is 314 g/mol. The maximum Gasteiger partial charge on any atom is 0.177 e. The first-order chi connectivity index (χ1) is 12.2. The van der Waals surface area contributed by atoms with Crippen molar-refractivity contribution in [2.75, 3.05) is 0 Å². The first-order valence-corrected chi connectivity index (χ1v) is 8.07. The third-order valence-corrected chi connectivity index (χ3v) is 4.38. The average molecular weight is 329 g/mol. The van der Waals surface area contributed by atoms with Crippen molar-refractivity contribution in [3.8, 4) is 11.4 Å². The van der Waals surface area contributed by atoms with Gasteiger partial charge in [-0.05, 0) is 38.1 Å². The molecule has 5 rings (SSSR count). The summed E-state index contributed by atoms with van der Waals surface area (Å²) >= 11 is 0. The van der Waals surface area contributed by atoms with Gasteiger partial charge in [0.15, 0.2) is 11.5 Å². The highest BCUT2D eigenvalue weighted by Gasteiger charge is 2.20. The summed E-state index contributed by atoms with van der Waals surface area (Å²) in [4.78, 5) is 18.0. The molecule has 0 atom stereocenters. The molecule has 0 fully saturated rings. The number of aryl methyl sites for hydroxylation is 2. The topological polar surface area (TPSA) is 73.8 Å². The van der Waals surface area contributed by atoms with Crippen molar-refractivity contribution in [2.24, 2.45) is 0 Å². The summed E-state index contributed by atoms with van der Waals surface area (Å²) in [5.74, 6) is 1.61. The van der Waals surface area contributed by atoms with Crippen LogP contribution in [0.2, 0.25) is 0 Å². The Morgan fingerprint density at radius 3 is 2.92 bits per heavy atom. The molecule has 4 aromatic rings. The summed E-state index contributed by atoms with van der Waals surface area (Å²) in [6.07, 6.45) is 9.47. The lowest BCUT2D eigenvalue weighted by Gasteiger charge is -1.97. The maximum absolute atomic E-state index is 4.70. The zero-order valence-electron chi connectivity index (χ0n) is 13.9. The van der Waals surface area contributed by atoms with Crippen LogP contribution in [-0.4, -0.2) is 34.1 Å². The number of rotatable bonds is 2. The van der Waals surface area contributed by atoms with Crippen molar-refractivity contribution in [3.05, 3.63) is 59.3 Å². The smallest absolute Gasteiger partial charge is 0.177 e. The lowest BCUT2D eigenvalue weighted by molar-refractivity contribution is 0.825. The summed E-state index contributed by atoms with van der Waals surface area (Å²) in [5.41, 5.74) is 5.66. The predicted octanol–water partition coefficient (Wildman–Crippen LogP) is 2.53. The first-order valence-electron chi connectivity index (χ1n) is 8.07. The van der Waals surface area contributed by atoms with E-state index >= 15 is 0 Å². The Labute approximate surface area is 143 Å². The Kier molecular flexibility index (Phi) is 2.85. The van der Waals surface area contributed by atoms with Gasteiger partial charge in [0.1, 0.15) is 5.82 Å². The van der Waals surface area contributed by atoms with Crippen molar-refractivity contribution in [1.29, 1.82) is 0 Å². The van der Waals surface area contributed by atoms with Crippen molar-refractivity contribution >= 4 is 17.8 Å². The molecule has 4 aromatic heterocycles. The van der Waals surface area contributed by atoms with Crippen LogP contribution in [0.4, 0.5) is 0 Å². The van der Waals surface area contributed by atoms with Crippen molar-refractivity contribution in [1.82, 2.24) is 34.1 Å². The zero-order chi connectivity index (χ0) is 17.0. The van der Waals surface area contributed by atoms with Gasteiger partial charge in [-0.1, -0.05) is 0 Å². The molecule has 0 aromatic carbocycles. The van der Waals surface area contributed by atoms with Crippen molar-refractivity contribution in [2.45, 2.75) is 20.4 Å². The van der Waals surface area contributed by atoms with E-state index < -0.39 is 0 Å². The van der Waals surface area contributed by atoms with E-state index in [1.54, 1.807) is 6.20 Å². The fourth-order valence-corrected chi connectivity index (χ4v) is 3.12. The third kappa shape index (κ3) is 2.16. The van der Waals surface area contributed by atoms with Crippen LogP contribution >= 0.6 is 0 Å². The summed E-state index contributed by atoms with van der Waals surface area (Å²) in [6, 6.07) is 4.00. The molecule has 0 unspecified atom stereocenters. The molecule has 7 heteroatoms. The van der Waals surface area contributed by atoms with Gasteiger partial charge >= 0.3 is 0 Å². The van der Waals surface area contributed by atoms with E-state index in [-0.39, 0.29) is 0 Å². The largest absolute Gasteiger partial charge is 0.324 e. The van der Waals surface area contributed by atoms with Crippen molar-refractivity contribution in [3.63, 3.8) is 0 Å². The van der Waals surface area contributed by atoms with Gasteiger partial charge < -0.3 is 4.57 Å². The van der Waals surface area contributed by atoms with Crippen LogP contribution < -0.4 is 0 Å². The summed E-state index contributed by atoms with van der Waals surface area (Å²) in [7, 11) is 0. The molecule has 0 spiro atoms. The van der Waals surface area contributed by atoms with Crippen LogP contribution in [0.25, 0.3) is 29.2 Å². The van der Waals surface area contributed by atoms with Gasteiger partial charge in [0.25, 0.3) is 0 Å². The molecule has 0 saturated heterocycles. The lowest BCUT2D eigenvalue weighted by Crippen LogP contribution is -1.97. The Hall–Kier alpha value is -3.35. The quantitative estimate of drug-likeness (QED) is 0.497. The second-order valence-electron chi connectivity index (χ2n) is 6.14. The summed E-state index contributed by atoms with van der Waals surface area (Å²) in [5, 5.41) is 4.52. The Morgan fingerprint density at radius 2 is 2.04 bits per heavy atom. The minimum atomic E-state index is 0.648. The van der Waals surface area contributed by atoms with Gasteiger partial charge in [0.05, 0.1) is 29.3 Å². The van der Waals surface area contributed by atoms with Crippen LogP contribution in [0.1, 0.15) is 28.6 Å². The monoisotopic (exact) mass is 329 g/mol. The number of hydrogen-bond donors (Lipinski definition) is 0. The van der Waals surface area contributed by atoms with E-state index in [9.17, 15) is 0 Å². The first kappa shape index (κ1) is 14.0. The highest BCUT2D eigenvalue weighted by molar-refractivity contribution is 5.69. The molecular formula is C18H15N7. The minimum Gasteiger partial charge on any atom is -0.324 e. The van der Waals surface area contributed by atoms with Gasteiger partial charge in [0.2, 0.25) is 0 Å². The molecule has 7 nitrogen and oxygen atoms in total. The number of nitrogens with zero attached hydrogens (tertiary/aromatic N) is 7. The molecule has 0 amide bonds. The molecule has 0 bridgehead atoms. The van der Waals surface area contributed by atoms with Gasteiger partial charge in [-0.3, -0.25) is 9.97 Å². The number of hydrogen-bond acceptors (Lipinski definition) is 5. The van der Waals surface area contributed by atoms with Gasteiger partial charge in [-0.2, -0.15) is 0 Å². The van der Waals surface area contributed by atoms with Crippen LogP contribution in [-0.2, 0) is 6.54 Å². The highest BCUT2D eigenvalue weighted by Crippen LogP contribution is 2.29. The second kappa shape index (κ2) is 5.07. The number of imidazole rings is 1. The van der Waals surface area contributed by atoms with Gasteiger partial charge in [-0.25, -0.2) is 14.5 Å². The molecule has 0 aliphatic carbocycles. The molecule has 0 saturated carbocycles. The fourth-order valence-electron chi connectivity index (χ4n) is 3.12. The number of aromatic nitrogens is 7. The van der Waals surface area contributed by atoms with Crippen molar-refractivity contribution < 1.29 is 0 Å². The standard InChI is InChI=1S/C18H15N7/c1-11-8-20-12(2)17-22-16(23-25(11)17)6-5-13-9-24-10-15-14(18(24)21-13)4-3-7-19-15/h3-9H,10H2,1-2H3/b6-5+. The van der Waals surface area contributed by atoms with E-state index in [0.29, 0.717) is 5.82 Å². The van der Waals surface area contributed by atoms with Crippen LogP contribution in [0.5, 0.6) is 0 Å². The molecule has 122 valence electrons. The van der Waals surface area contributed by atoms with Gasteiger partial charge in [-0.15, -0.1) is 5.10 Å². The van der Waals surface area contributed by atoms with Crippen LogP contribution in [0.3, 0.4) is 0 Å². The molecule has 0 radical (unpaired) electrons. The zero-order valence-corrected chi connectivity index (χ0v) is 13.9. The molecule has 1 aliphatic rings. The molecule has 1 aliphatic heterocycles. The normalized spacial score (nSPS) is 12.9. The number of fused-ring (bicyclic) bond motifs is 4. The average Bonchev–Trinajstić information content (AvgIpc) is 3.29. The van der Waals surface area contributed by atoms with E-state index in [1.807, 2.05) is 49.0 Å².